The van der Waals surface area contributed by atoms with Crippen molar-refractivity contribution in [3.8, 4) is 0 Å². The van der Waals surface area contributed by atoms with Gasteiger partial charge in [0.2, 0.25) is 0 Å². The Kier molecular flexibility index (Phi) is 4.68. The zero-order valence-corrected chi connectivity index (χ0v) is 13.5. The quantitative estimate of drug-likeness (QED) is 0.839. The van der Waals surface area contributed by atoms with Gasteiger partial charge >= 0.3 is 0 Å². The number of anilines is 2. The standard InChI is InChI=1S/C15H14BrClN2O/c1-9-3-6-13(18-2)11(7-9)15(20)19-14-8-10(17)4-5-12(14)16/h3-8,18H,1-2H3,(H,19,20). The van der Waals surface area contributed by atoms with Crippen LogP contribution in [0.15, 0.2) is 40.9 Å². The second kappa shape index (κ2) is 6.29. The van der Waals surface area contributed by atoms with Crippen LogP contribution in [0.4, 0.5) is 11.4 Å². The number of nitrogens with one attached hydrogen (secondary N) is 2. The molecule has 104 valence electrons. The van der Waals surface area contributed by atoms with E-state index in [1.165, 1.54) is 0 Å². The number of hydrogen-bond donors (Lipinski definition) is 2. The second-order valence-corrected chi connectivity index (χ2v) is 5.67. The monoisotopic (exact) mass is 352 g/mol. The summed E-state index contributed by atoms with van der Waals surface area (Å²) in [4.78, 5) is 12.4. The number of hydrogen-bond acceptors (Lipinski definition) is 2. The Labute approximate surface area is 131 Å². The van der Waals surface area contributed by atoms with E-state index in [0.29, 0.717) is 16.3 Å². The van der Waals surface area contributed by atoms with Crippen LogP contribution in [0.3, 0.4) is 0 Å². The molecule has 0 spiro atoms. The summed E-state index contributed by atoms with van der Waals surface area (Å²) in [5, 5.41) is 6.45. The average Bonchev–Trinajstić information content (AvgIpc) is 2.42. The number of benzene rings is 2. The number of halogens is 2. The van der Waals surface area contributed by atoms with Crippen molar-refractivity contribution in [1.29, 1.82) is 0 Å². The van der Waals surface area contributed by atoms with Gasteiger partial charge in [-0.25, -0.2) is 0 Å². The fourth-order valence-corrected chi connectivity index (χ4v) is 2.36. The molecule has 0 aliphatic rings. The molecule has 0 bridgehead atoms. The fraction of sp³-hybridized carbons (Fsp3) is 0.133. The maximum absolute atomic E-state index is 12.4. The molecular formula is C15H14BrClN2O. The summed E-state index contributed by atoms with van der Waals surface area (Å²) < 4.78 is 0.786. The summed E-state index contributed by atoms with van der Waals surface area (Å²) >= 11 is 9.34. The van der Waals surface area contributed by atoms with E-state index in [1.54, 1.807) is 25.2 Å². The van der Waals surface area contributed by atoms with Gasteiger partial charge in [0.05, 0.1) is 11.3 Å². The van der Waals surface area contributed by atoms with Crippen molar-refractivity contribution in [3.63, 3.8) is 0 Å². The van der Waals surface area contributed by atoms with Gasteiger partial charge in [0.1, 0.15) is 0 Å². The van der Waals surface area contributed by atoms with Gasteiger partial charge in [-0.05, 0) is 53.2 Å². The van der Waals surface area contributed by atoms with E-state index >= 15 is 0 Å². The maximum atomic E-state index is 12.4. The van der Waals surface area contributed by atoms with Gasteiger partial charge in [0, 0.05) is 22.2 Å². The van der Waals surface area contributed by atoms with E-state index in [4.69, 9.17) is 11.6 Å². The first-order chi connectivity index (χ1) is 9.51. The summed E-state index contributed by atoms with van der Waals surface area (Å²) in [6.07, 6.45) is 0. The maximum Gasteiger partial charge on any atom is 0.257 e. The smallest absolute Gasteiger partial charge is 0.257 e. The van der Waals surface area contributed by atoms with Gasteiger partial charge in [-0.15, -0.1) is 0 Å². The molecule has 2 N–H and O–H groups in total. The van der Waals surface area contributed by atoms with Crippen LogP contribution >= 0.6 is 27.5 Å². The molecule has 0 saturated heterocycles. The van der Waals surface area contributed by atoms with E-state index in [1.807, 2.05) is 25.1 Å². The Balaban J connectivity index is 2.32. The molecule has 0 saturated carbocycles. The number of carbonyl (C=O) groups is 1. The van der Waals surface area contributed by atoms with Crippen LogP contribution in [0.1, 0.15) is 15.9 Å². The van der Waals surface area contributed by atoms with E-state index < -0.39 is 0 Å². The van der Waals surface area contributed by atoms with Crippen LogP contribution in [0.5, 0.6) is 0 Å². The molecule has 5 heteroatoms. The third-order valence-electron chi connectivity index (χ3n) is 2.87. The molecule has 2 aromatic rings. The molecule has 2 rings (SSSR count). The fourth-order valence-electron chi connectivity index (χ4n) is 1.85. The number of carbonyl (C=O) groups excluding carboxylic acids is 1. The predicted octanol–water partition coefficient (Wildman–Crippen LogP) is 4.70. The summed E-state index contributed by atoms with van der Waals surface area (Å²) in [7, 11) is 1.79. The molecule has 20 heavy (non-hydrogen) atoms. The highest BCUT2D eigenvalue weighted by atomic mass is 79.9. The van der Waals surface area contributed by atoms with Crippen LogP contribution in [0.2, 0.25) is 5.02 Å². The molecule has 0 radical (unpaired) electrons. The Morgan fingerprint density at radius 2 is 1.90 bits per heavy atom. The van der Waals surface area contributed by atoms with E-state index in [0.717, 1.165) is 15.7 Å². The van der Waals surface area contributed by atoms with Gasteiger partial charge in [-0.1, -0.05) is 23.2 Å². The van der Waals surface area contributed by atoms with Crippen LogP contribution in [-0.4, -0.2) is 13.0 Å². The normalized spacial score (nSPS) is 10.2. The zero-order valence-electron chi connectivity index (χ0n) is 11.1. The Morgan fingerprint density at radius 1 is 1.15 bits per heavy atom. The van der Waals surface area contributed by atoms with E-state index in [2.05, 4.69) is 26.6 Å². The van der Waals surface area contributed by atoms with Gasteiger partial charge in [0.25, 0.3) is 5.91 Å². The first kappa shape index (κ1) is 14.9. The van der Waals surface area contributed by atoms with E-state index in [9.17, 15) is 4.79 Å². The van der Waals surface area contributed by atoms with Crippen molar-refractivity contribution < 1.29 is 4.79 Å². The second-order valence-electron chi connectivity index (χ2n) is 4.38. The third kappa shape index (κ3) is 3.32. The summed E-state index contributed by atoms with van der Waals surface area (Å²) in [5.41, 5.74) is 3.05. The molecule has 3 nitrogen and oxygen atoms in total. The highest BCUT2D eigenvalue weighted by Crippen LogP contribution is 2.27. The molecule has 0 unspecified atom stereocenters. The Morgan fingerprint density at radius 3 is 2.60 bits per heavy atom. The minimum atomic E-state index is -0.180. The Hall–Kier alpha value is -1.52. The van der Waals surface area contributed by atoms with Gasteiger partial charge < -0.3 is 10.6 Å². The largest absolute Gasteiger partial charge is 0.387 e. The number of rotatable bonds is 3. The zero-order chi connectivity index (χ0) is 14.7. The van der Waals surface area contributed by atoms with Gasteiger partial charge in [0.15, 0.2) is 0 Å². The minimum Gasteiger partial charge on any atom is -0.387 e. The SMILES string of the molecule is CNc1ccc(C)cc1C(=O)Nc1cc(Cl)ccc1Br. The van der Waals surface area contributed by atoms with Crippen molar-refractivity contribution in [2.24, 2.45) is 0 Å². The van der Waals surface area contributed by atoms with Gasteiger partial charge in [-0.3, -0.25) is 4.79 Å². The first-order valence-electron chi connectivity index (χ1n) is 6.06. The molecule has 1 amide bonds. The third-order valence-corrected chi connectivity index (χ3v) is 3.79. The lowest BCUT2D eigenvalue weighted by Gasteiger charge is -2.12. The Bertz CT molecular complexity index is 658. The average molecular weight is 354 g/mol. The molecule has 0 heterocycles. The summed E-state index contributed by atoms with van der Waals surface area (Å²) in [6, 6.07) is 11.0. The summed E-state index contributed by atoms with van der Waals surface area (Å²) in [6.45, 7) is 1.95. The highest BCUT2D eigenvalue weighted by molar-refractivity contribution is 9.10. The molecule has 0 fully saturated rings. The minimum absolute atomic E-state index is 0.180. The molecule has 0 atom stereocenters. The topological polar surface area (TPSA) is 41.1 Å². The molecule has 0 aliphatic heterocycles. The van der Waals surface area contributed by atoms with Crippen LogP contribution in [-0.2, 0) is 0 Å². The molecular weight excluding hydrogens is 340 g/mol. The predicted molar refractivity (Wildman–Crippen MR) is 87.8 cm³/mol. The van der Waals surface area contributed by atoms with Crippen molar-refractivity contribution >= 4 is 44.8 Å². The van der Waals surface area contributed by atoms with Crippen LogP contribution in [0, 0.1) is 6.92 Å². The first-order valence-corrected chi connectivity index (χ1v) is 7.23. The molecule has 2 aromatic carbocycles. The lowest BCUT2D eigenvalue weighted by molar-refractivity contribution is 0.102. The lowest BCUT2D eigenvalue weighted by Crippen LogP contribution is -2.14. The van der Waals surface area contributed by atoms with Crippen molar-refractivity contribution in [1.82, 2.24) is 0 Å². The van der Waals surface area contributed by atoms with Crippen molar-refractivity contribution in [3.05, 3.63) is 57.0 Å². The summed E-state index contributed by atoms with van der Waals surface area (Å²) in [5.74, 6) is -0.180. The number of amides is 1. The number of aryl methyl sites for hydroxylation is 1. The molecule has 0 aliphatic carbocycles. The van der Waals surface area contributed by atoms with Crippen molar-refractivity contribution in [2.45, 2.75) is 6.92 Å². The highest BCUT2D eigenvalue weighted by Gasteiger charge is 2.13. The molecule has 0 aromatic heterocycles. The lowest BCUT2D eigenvalue weighted by atomic mass is 10.1. The van der Waals surface area contributed by atoms with Crippen molar-refractivity contribution in [2.75, 3.05) is 17.7 Å². The van der Waals surface area contributed by atoms with Gasteiger partial charge in [-0.2, -0.15) is 0 Å². The van der Waals surface area contributed by atoms with Crippen LogP contribution < -0.4 is 10.6 Å². The van der Waals surface area contributed by atoms with E-state index in [-0.39, 0.29) is 5.91 Å². The van der Waals surface area contributed by atoms with Crippen LogP contribution in [0.25, 0.3) is 0 Å².